The molecule has 0 aromatic heterocycles. The van der Waals surface area contributed by atoms with Gasteiger partial charge in [0.2, 0.25) is 0 Å². The number of rotatable bonds is 1. The smallest absolute Gasteiger partial charge is 0.189 e. The third-order valence-corrected chi connectivity index (χ3v) is 3.29. The Balaban J connectivity index is 3.43. The Hall–Kier alpha value is 0.200. The second kappa shape index (κ2) is 3.94. The summed E-state index contributed by atoms with van der Waals surface area (Å²) in [6, 6.07) is 2.88. The number of halogens is 3. The van der Waals surface area contributed by atoms with Gasteiger partial charge in [0.05, 0.1) is 15.1 Å². The molecular formula is C6H3Cl3O2S. The average molecular weight is 246 g/mol. The minimum atomic E-state index is -2.21. The third kappa shape index (κ3) is 1.92. The van der Waals surface area contributed by atoms with Gasteiger partial charge in [-0.1, -0.05) is 34.8 Å². The molecule has 6 heteroatoms. The van der Waals surface area contributed by atoms with Crippen LogP contribution in [-0.2, 0) is 11.1 Å². The zero-order chi connectivity index (χ0) is 9.30. The molecule has 0 saturated carbocycles. The molecule has 1 rings (SSSR count). The number of hydrogen-bond donors (Lipinski definition) is 1. The van der Waals surface area contributed by atoms with Crippen LogP contribution in [-0.4, -0.2) is 8.76 Å². The summed E-state index contributed by atoms with van der Waals surface area (Å²) in [6.07, 6.45) is 0. The molecule has 0 fully saturated rings. The first kappa shape index (κ1) is 10.3. The van der Waals surface area contributed by atoms with E-state index in [1.165, 1.54) is 12.1 Å². The molecule has 0 aliphatic rings. The van der Waals surface area contributed by atoms with Crippen molar-refractivity contribution in [3.63, 3.8) is 0 Å². The lowest BCUT2D eigenvalue weighted by Gasteiger charge is -2.02. The largest absolute Gasteiger partial charge is 0.302 e. The fourth-order valence-electron chi connectivity index (χ4n) is 0.669. The Morgan fingerprint density at radius 3 is 2.08 bits per heavy atom. The van der Waals surface area contributed by atoms with Crippen LogP contribution in [0.15, 0.2) is 17.0 Å². The molecule has 0 heterocycles. The van der Waals surface area contributed by atoms with E-state index in [4.69, 9.17) is 39.4 Å². The average Bonchev–Trinajstić information content (AvgIpc) is 1.97. The van der Waals surface area contributed by atoms with Crippen molar-refractivity contribution in [1.29, 1.82) is 0 Å². The van der Waals surface area contributed by atoms with Crippen molar-refractivity contribution in [3.05, 3.63) is 27.2 Å². The van der Waals surface area contributed by atoms with Gasteiger partial charge in [-0.2, -0.15) is 0 Å². The molecule has 1 atom stereocenters. The fraction of sp³-hybridized carbons (Fsp3) is 0. The van der Waals surface area contributed by atoms with Gasteiger partial charge in [0.1, 0.15) is 4.90 Å². The van der Waals surface area contributed by atoms with E-state index in [9.17, 15) is 4.21 Å². The molecule has 1 unspecified atom stereocenters. The molecule has 0 amide bonds. The molecule has 1 N–H and O–H groups in total. The first-order valence-corrected chi connectivity index (χ1v) is 5.02. The van der Waals surface area contributed by atoms with E-state index in [1.807, 2.05) is 0 Å². The van der Waals surface area contributed by atoms with Crippen LogP contribution in [0.3, 0.4) is 0 Å². The second-order valence-electron chi connectivity index (χ2n) is 1.92. The van der Waals surface area contributed by atoms with Crippen LogP contribution in [0.4, 0.5) is 0 Å². The first-order chi connectivity index (χ1) is 5.54. The van der Waals surface area contributed by atoms with Crippen molar-refractivity contribution in [2.75, 3.05) is 0 Å². The van der Waals surface area contributed by atoms with E-state index in [2.05, 4.69) is 0 Å². The maximum atomic E-state index is 10.7. The van der Waals surface area contributed by atoms with Crippen molar-refractivity contribution in [2.45, 2.75) is 4.90 Å². The van der Waals surface area contributed by atoms with Crippen LogP contribution in [0.1, 0.15) is 0 Å². The molecule has 0 aliphatic carbocycles. The van der Waals surface area contributed by atoms with Crippen LogP contribution in [0.5, 0.6) is 0 Å². The van der Waals surface area contributed by atoms with Gasteiger partial charge in [0.25, 0.3) is 0 Å². The molecule has 0 bridgehead atoms. The summed E-state index contributed by atoms with van der Waals surface area (Å²) in [5, 5.41) is 0.355. The van der Waals surface area contributed by atoms with Crippen molar-refractivity contribution >= 4 is 45.9 Å². The predicted molar refractivity (Wildman–Crippen MR) is 50.5 cm³/mol. The summed E-state index contributed by atoms with van der Waals surface area (Å²) < 4.78 is 19.4. The van der Waals surface area contributed by atoms with Gasteiger partial charge in [-0.25, -0.2) is 4.21 Å². The van der Waals surface area contributed by atoms with Gasteiger partial charge in [0, 0.05) is 0 Å². The van der Waals surface area contributed by atoms with Crippen molar-refractivity contribution in [3.8, 4) is 0 Å². The van der Waals surface area contributed by atoms with E-state index >= 15 is 0 Å². The molecule has 66 valence electrons. The Labute approximate surface area is 86.7 Å². The molecule has 2 nitrogen and oxygen atoms in total. The summed E-state index contributed by atoms with van der Waals surface area (Å²) in [5.74, 6) is 0. The molecule has 0 radical (unpaired) electrons. The van der Waals surface area contributed by atoms with Gasteiger partial charge in [-0.05, 0) is 12.1 Å². The summed E-state index contributed by atoms with van der Waals surface area (Å²) >= 11 is 14.6. The van der Waals surface area contributed by atoms with Crippen molar-refractivity contribution < 1.29 is 8.76 Å². The van der Waals surface area contributed by atoms with Gasteiger partial charge in [-0.15, -0.1) is 0 Å². The highest BCUT2D eigenvalue weighted by molar-refractivity contribution is 7.79. The quantitative estimate of drug-likeness (QED) is 0.609. The minimum Gasteiger partial charge on any atom is -0.302 e. The molecule has 0 saturated heterocycles. The van der Waals surface area contributed by atoms with E-state index < -0.39 is 11.1 Å². The highest BCUT2D eigenvalue weighted by atomic mass is 35.5. The second-order valence-corrected chi connectivity index (χ2v) is 4.02. The number of hydrogen-bond acceptors (Lipinski definition) is 1. The summed E-state index contributed by atoms with van der Waals surface area (Å²) in [7, 11) is 0. The van der Waals surface area contributed by atoms with Crippen molar-refractivity contribution in [1.82, 2.24) is 0 Å². The Kier molecular flexibility index (Phi) is 3.37. The van der Waals surface area contributed by atoms with Crippen LogP contribution >= 0.6 is 34.8 Å². The number of benzene rings is 1. The molecule has 12 heavy (non-hydrogen) atoms. The SMILES string of the molecule is O=S(O)c1c(Cl)ccc(Cl)c1Cl. The van der Waals surface area contributed by atoms with Crippen LogP contribution < -0.4 is 0 Å². The van der Waals surface area contributed by atoms with Crippen molar-refractivity contribution in [2.24, 2.45) is 0 Å². The standard InChI is InChI=1S/C6H3Cl3O2S/c7-3-1-2-4(8)6(5(3)9)12(10)11/h1-2H,(H,10,11). The van der Waals surface area contributed by atoms with E-state index in [-0.39, 0.29) is 20.0 Å². The summed E-state index contributed by atoms with van der Waals surface area (Å²) in [6.45, 7) is 0. The maximum absolute atomic E-state index is 10.7. The van der Waals surface area contributed by atoms with Crippen LogP contribution in [0, 0.1) is 0 Å². The van der Waals surface area contributed by atoms with E-state index in [0.717, 1.165) is 0 Å². The predicted octanol–water partition coefficient (Wildman–Crippen LogP) is 3.23. The van der Waals surface area contributed by atoms with Crippen LogP contribution in [0.2, 0.25) is 15.1 Å². The maximum Gasteiger partial charge on any atom is 0.189 e. The highest BCUT2D eigenvalue weighted by Gasteiger charge is 2.13. The molecule has 0 aliphatic heterocycles. The normalized spacial score (nSPS) is 13.0. The minimum absolute atomic E-state index is 0.0185. The summed E-state index contributed by atoms with van der Waals surface area (Å²) in [5.41, 5.74) is 0. The lowest BCUT2D eigenvalue weighted by atomic mass is 10.4. The lowest BCUT2D eigenvalue weighted by Crippen LogP contribution is -1.91. The Morgan fingerprint density at radius 1 is 1.17 bits per heavy atom. The van der Waals surface area contributed by atoms with Gasteiger partial charge in [-0.3, -0.25) is 0 Å². The van der Waals surface area contributed by atoms with Gasteiger partial charge in [0.15, 0.2) is 11.1 Å². The van der Waals surface area contributed by atoms with E-state index in [1.54, 1.807) is 0 Å². The van der Waals surface area contributed by atoms with Crippen LogP contribution in [0.25, 0.3) is 0 Å². The van der Waals surface area contributed by atoms with Gasteiger partial charge >= 0.3 is 0 Å². The monoisotopic (exact) mass is 244 g/mol. The molecular weight excluding hydrogens is 242 g/mol. The first-order valence-electron chi connectivity index (χ1n) is 2.78. The molecule has 1 aromatic carbocycles. The molecule has 1 aromatic rings. The van der Waals surface area contributed by atoms with Gasteiger partial charge < -0.3 is 4.55 Å². The Morgan fingerprint density at radius 2 is 1.67 bits per heavy atom. The zero-order valence-electron chi connectivity index (χ0n) is 5.55. The fourth-order valence-corrected chi connectivity index (χ4v) is 2.15. The lowest BCUT2D eigenvalue weighted by molar-refractivity contribution is 0.564. The third-order valence-electron chi connectivity index (χ3n) is 1.18. The topological polar surface area (TPSA) is 37.3 Å². The zero-order valence-corrected chi connectivity index (χ0v) is 8.64. The van der Waals surface area contributed by atoms with E-state index in [0.29, 0.717) is 0 Å². The molecule has 0 spiro atoms. The summed E-state index contributed by atoms with van der Waals surface area (Å²) in [4.78, 5) is -0.0502. The Bertz CT molecular complexity index is 340. The highest BCUT2D eigenvalue weighted by Crippen LogP contribution is 2.33.